The molecule has 4 nitrogen and oxygen atoms in total. The summed E-state index contributed by atoms with van der Waals surface area (Å²) in [5.74, 6) is 2.85. The molecule has 2 unspecified atom stereocenters. The second-order valence-electron chi connectivity index (χ2n) is 5.39. The van der Waals surface area contributed by atoms with Crippen molar-refractivity contribution < 1.29 is 0 Å². The van der Waals surface area contributed by atoms with Gasteiger partial charge < -0.3 is 10.2 Å². The molecule has 3 rings (SSSR count). The number of anilines is 2. The Hall–Kier alpha value is -1.32. The van der Waals surface area contributed by atoms with Crippen LogP contribution in [0.2, 0.25) is 0 Å². The summed E-state index contributed by atoms with van der Waals surface area (Å²) in [6.45, 7) is 4.12. The Labute approximate surface area is 109 Å². The third-order valence-electron chi connectivity index (χ3n) is 4.27. The molecule has 1 saturated carbocycles. The van der Waals surface area contributed by atoms with Gasteiger partial charge in [-0.15, -0.1) is 0 Å². The molecule has 1 aliphatic heterocycles. The summed E-state index contributed by atoms with van der Waals surface area (Å²) < 4.78 is 0. The predicted molar refractivity (Wildman–Crippen MR) is 73.9 cm³/mol. The molecule has 1 N–H and O–H groups in total. The van der Waals surface area contributed by atoms with Gasteiger partial charge in [-0.25, -0.2) is 4.98 Å². The second kappa shape index (κ2) is 5.12. The van der Waals surface area contributed by atoms with Gasteiger partial charge >= 0.3 is 0 Å². The highest BCUT2D eigenvalue weighted by atomic mass is 15.2. The highest BCUT2D eigenvalue weighted by molar-refractivity contribution is 5.45. The number of piperidine rings is 1. The molecule has 1 saturated heterocycles. The Morgan fingerprint density at radius 3 is 3.06 bits per heavy atom. The molecule has 0 aromatic carbocycles. The molecular weight excluding hydrogens is 224 g/mol. The molecule has 1 aliphatic carbocycles. The van der Waals surface area contributed by atoms with Crippen molar-refractivity contribution in [2.45, 2.75) is 45.1 Å². The van der Waals surface area contributed by atoms with Crippen molar-refractivity contribution in [3.05, 3.63) is 12.4 Å². The highest BCUT2D eigenvalue weighted by Gasteiger charge is 2.35. The third kappa shape index (κ3) is 2.16. The van der Waals surface area contributed by atoms with E-state index in [2.05, 4.69) is 22.1 Å². The van der Waals surface area contributed by atoms with Crippen LogP contribution in [-0.4, -0.2) is 29.1 Å². The van der Waals surface area contributed by atoms with E-state index in [1.165, 1.54) is 32.1 Å². The van der Waals surface area contributed by atoms with Crippen LogP contribution in [0, 0.1) is 5.92 Å². The summed E-state index contributed by atoms with van der Waals surface area (Å²) in [5.41, 5.74) is 0. The first-order valence-corrected chi connectivity index (χ1v) is 7.21. The Kier molecular flexibility index (Phi) is 3.35. The summed E-state index contributed by atoms with van der Waals surface area (Å²) in [6.07, 6.45) is 10.5. The van der Waals surface area contributed by atoms with E-state index in [0.29, 0.717) is 6.04 Å². The summed E-state index contributed by atoms with van der Waals surface area (Å²) >= 11 is 0. The van der Waals surface area contributed by atoms with Crippen LogP contribution >= 0.6 is 0 Å². The Balaban J connectivity index is 1.82. The fourth-order valence-corrected chi connectivity index (χ4v) is 3.50. The Morgan fingerprint density at radius 1 is 1.28 bits per heavy atom. The van der Waals surface area contributed by atoms with E-state index < -0.39 is 0 Å². The average molecular weight is 246 g/mol. The van der Waals surface area contributed by atoms with Crippen molar-refractivity contribution in [2.75, 3.05) is 23.3 Å². The number of hydrogen-bond donors (Lipinski definition) is 1. The Morgan fingerprint density at radius 2 is 2.17 bits per heavy atom. The molecular formula is C14H22N4. The van der Waals surface area contributed by atoms with Crippen molar-refractivity contribution >= 4 is 11.6 Å². The number of hydrogen-bond acceptors (Lipinski definition) is 4. The van der Waals surface area contributed by atoms with Gasteiger partial charge in [0.1, 0.15) is 11.6 Å². The minimum atomic E-state index is 0.713. The largest absolute Gasteiger partial charge is 0.369 e. The average Bonchev–Trinajstić information content (AvgIpc) is 2.87. The highest BCUT2D eigenvalue weighted by Crippen LogP contribution is 2.38. The molecule has 0 amide bonds. The molecule has 18 heavy (non-hydrogen) atoms. The van der Waals surface area contributed by atoms with Crippen molar-refractivity contribution in [3.8, 4) is 0 Å². The fraction of sp³-hybridized carbons (Fsp3) is 0.714. The monoisotopic (exact) mass is 246 g/mol. The van der Waals surface area contributed by atoms with Crippen LogP contribution in [0.3, 0.4) is 0 Å². The van der Waals surface area contributed by atoms with Gasteiger partial charge in [0.25, 0.3) is 0 Å². The molecule has 2 aliphatic rings. The maximum atomic E-state index is 4.70. The van der Waals surface area contributed by atoms with Crippen LogP contribution in [0.1, 0.15) is 39.0 Å². The van der Waals surface area contributed by atoms with E-state index in [1.54, 1.807) is 0 Å². The van der Waals surface area contributed by atoms with Gasteiger partial charge in [-0.3, -0.25) is 4.98 Å². The number of nitrogens with zero attached hydrogens (tertiary/aromatic N) is 3. The number of nitrogens with one attached hydrogen (secondary N) is 1. The first-order valence-electron chi connectivity index (χ1n) is 7.21. The zero-order valence-electron chi connectivity index (χ0n) is 11.1. The van der Waals surface area contributed by atoms with Crippen LogP contribution in [0.25, 0.3) is 0 Å². The molecule has 98 valence electrons. The second-order valence-corrected chi connectivity index (χ2v) is 5.39. The van der Waals surface area contributed by atoms with E-state index in [1.807, 2.05) is 12.4 Å². The van der Waals surface area contributed by atoms with Crippen molar-refractivity contribution in [1.29, 1.82) is 0 Å². The topological polar surface area (TPSA) is 41.1 Å². The van der Waals surface area contributed by atoms with Gasteiger partial charge in [0.05, 0.1) is 12.4 Å². The van der Waals surface area contributed by atoms with Crippen molar-refractivity contribution in [3.63, 3.8) is 0 Å². The normalized spacial score (nSPS) is 27.1. The van der Waals surface area contributed by atoms with Gasteiger partial charge in [0, 0.05) is 19.1 Å². The predicted octanol–water partition coefficient (Wildman–Crippen LogP) is 2.68. The van der Waals surface area contributed by atoms with E-state index in [4.69, 9.17) is 4.98 Å². The minimum Gasteiger partial charge on any atom is -0.369 e. The standard InChI is InChI=1S/C14H22N4/c1-2-16-13-9-15-10-14(17-13)18-8-4-6-11-5-3-7-12(11)18/h9-12H,2-8H2,1H3,(H,16,17). The molecule has 0 spiro atoms. The van der Waals surface area contributed by atoms with Crippen molar-refractivity contribution in [1.82, 2.24) is 9.97 Å². The SMILES string of the molecule is CCNc1cncc(N2CCCC3CCCC32)n1. The summed E-state index contributed by atoms with van der Waals surface area (Å²) in [5, 5.41) is 3.25. The smallest absolute Gasteiger partial charge is 0.149 e. The zero-order chi connectivity index (χ0) is 12.4. The molecule has 2 fully saturated rings. The molecule has 2 heterocycles. The lowest BCUT2D eigenvalue weighted by Crippen LogP contribution is -2.43. The van der Waals surface area contributed by atoms with Crippen LogP contribution in [0.4, 0.5) is 11.6 Å². The van der Waals surface area contributed by atoms with E-state index in [0.717, 1.165) is 30.6 Å². The van der Waals surface area contributed by atoms with E-state index in [-0.39, 0.29) is 0 Å². The first-order chi connectivity index (χ1) is 8.88. The fourth-order valence-electron chi connectivity index (χ4n) is 3.50. The van der Waals surface area contributed by atoms with E-state index in [9.17, 15) is 0 Å². The minimum absolute atomic E-state index is 0.713. The van der Waals surface area contributed by atoms with Crippen molar-refractivity contribution in [2.24, 2.45) is 5.92 Å². The molecule has 2 atom stereocenters. The van der Waals surface area contributed by atoms with E-state index >= 15 is 0 Å². The first kappa shape index (κ1) is 11.8. The number of rotatable bonds is 3. The summed E-state index contributed by atoms with van der Waals surface area (Å²) in [4.78, 5) is 11.5. The lowest BCUT2D eigenvalue weighted by molar-refractivity contribution is 0.360. The van der Waals surface area contributed by atoms with Gasteiger partial charge in [-0.1, -0.05) is 6.42 Å². The zero-order valence-corrected chi connectivity index (χ0v) is 11.1. The van der Waals surface area contributed by atoms with Crippen LogP contribution in [-0.2, 0) is 0 Å². The van der Waals surface area contributed by atoms with Crippen LogP contribution < -0.4 is 10.2 Å². The number of aromatic nitrogens is 2. The van der Waals surface area contributed by atoms with Gasteiger partial charge in [-0.2, -0.15) is 0 Å². The van der Waals surface area contributed by atoms with Gasteiger partial charge in [-0.05, 0) is 38.5 Å². The Bertz CT molecular complexity index is 407. The third-order valence-corrected chi connectivity index (χ3v) is 4.27. The number of fused-ring (bicyclic) bond motifs is 1. The van der Waals surface area contributed by atoms with Gasteiger partial charge in [0.15, 0.2) is 0 Å². The lowest BCUT2D eigenvalue weighted by Gasteiger charge is -2.38. The quantitative estimate of drug-likeness (QED) is 0.890. The molecule has 0 bridgehead atoms. The van der Waals surface area contributed by atoms with Crippen LogP contribution in [0.5, 0.6) is 0 Å². The summed E-state index contributed by atoms with van der Waals surface area (Å²) in [7, 11) is 0. The maximum Gasteiger partial charge on any atom is 0.149 e. The molecule has 4 heteroatoms. The molecule has 1 aromatic heterocycles. The maximum absolute atomic E-state index is 4.70. The summed E-state index contributed by atoms with van der Waals surface area (Å²) in [6, 6.07) is 0.713. The molecule has 0 radical (unpaired) electrons. The van der Waals surface area contributed by atoms with Crippen LogP contribution in [0.15, 0.2) is 12.4 Å². The lowest BCUT2D eigenvalue weighted by atomic mass is 9.92. The van der Waals surface area contributed by atoms with Gasteiger partial charge in [0.2, 0.25) is 0 Å². The molecule has 1 aromatic rings.